The summed E-state index contributed by atoms with van der Waals surface area (Å²) in [4.78, 5) is 13.0. The normalized spacial score (nSPS) is 20.3. The Labute approximate surface area is 244 Å². The van der Waals surface area contributed by atoms with E-state index in [1.165, 1.54) is 40.2 Å². The van der Waals surface area contributed by atoms with Gasteiger partial charge in [-0.05, 0) is 81.0 Å². The van der Waals surface area contributed by atoms with Crippen molar-refractivity contribution in [2.75, 3.05) is 27.2 Å². The van der Waals surface area contributed by atoms with E-state index < -0.39 is 16.1 Å². The molecule has 224 valence electrons. The molecule has 10 nitrogen and oxygen atoms in total. The first-order chi connectivity index (χ1) is 19.4. The summed E-state index contributed by atoms with van der Waals surface area (Å²) in [6, 6.07) is 11.9. The molecular formula is C30H44N6O4S. The highest BCUT2D eigenvalue weighted by atomic mass is 32.2. The zero-order chi connectivity index (χ0) is 29.8. The average Bonchev–Trinajstić information content (AvgIpc) is 2.95. The number of aryl methyl sites for hydroxylation is 1. The molecule has 0 radical (unpaired) electrons. The quantitative estimate of drug-likeness (QED) is 0.314. The highest BCUT2D eigenvalue weighted by Gasteiger charge is 2.39. The highest BCUT2D eigenvalue weighted by Crippen LogP contribution is 2.35. The predicted octanol–water partition coefficient (Wildman–Crippen LogP) is 2.78. The third-order valence-corrected chi connectivity index (χ3v) is 9.51. The van der Waals surface area contributed by atoms with Crippen LogP contribution in [-0.4, -0.2) is 62.5 Å². The number of carbonyl (C=O) groups excluding carboxylic acids is 1. The van der Waals surface area contributed by atoms with Gasteiger partial charge in [0, 0.05) is 50.5 Å². The van der Waals surface area contributed by atoms with Crippen LogP contribution in [0.25, 0.3) is 0 Å². The summed E-state index contributed by atoms with van der Waals surface area (Å²) in [6.07, 6.45) is 4.87. The Morgan fingerprint density at radius 2 is 1.95 bits per heavy atom. The molecule has 0 bridgehead atoms. The van der Waals surface area contributed by atoms with Crippen LogP contribution in [0.15, 0.2) is 59.3 Å². The molecule has 4 rings (SSSR count). The van der Waals surface area contributed by atoms with Crippen LogP contribution in [0.3, 0.4) is 0 Å². The number of hydrogen-bond donors (Lipinski definition) is 4. The van der Waals surface area contributed by atoms with Crippen molar-refractivity contribution in [2.45, 2.75) is 75.5 Å². The monoisotopic (exact) mass is 584 g/mol. The molecule has 2 atom stereocenters. The molecule has 1 aliphatic heterocycles. The summed E-state index contributed by atoms with van der Waals surface area (Å²) in [5, 5.41) is 8.33. The second-order valence-electron chi connectivity index (χ2n) is 11.7. The molecule has 2 aromatic rings. The summed E-state index contributed by atoms with van der Waals surface area (Å²) in [7, 11) is -0.566. The van der Waals surface area contributed by atoms with Crippen molar-refractivity contribution in [2.24, 2.45) is 5.73 Å². The van der Waals surface area contributed by atoms with E-state index >= 15 is 0 Å². The molecule has 1 saturated heterocycles. The van der Waals surface area contributed by atoms with Crippen LogP contribution in [0.1, 0.15) is 62.8 Å². The minimum atomic E-state index is -3.93. The van der Waals surface area contributed by atoms with Crippen molar-refractivity contribution in [3.05, 3.63) is 71.1 Å². The van der Waals surface area contributed by atoms with Gasteiger partial charge in [0.1, 0.15) is 11.8 Å². The first-order valence-corrected chi connectivity index (χ1v) is 15.6. The van der Waals surface area contributed by atoms with E-state index in [-0.39, 0.29) is 41.9 Å². The predicted molar refractivity (Wildman–Crippen MR) is 160 cm³/mol. The fraction of sp³-hybridized carbons (Fsp3) is 0.500. The van der Waals surface area contributed by atoms with Crippen molar-refractivity contribution in [1.82, 2.24) is 25.4 Å². The summed E-state index contributed by atoms with van der Waals surface area (Å²) in [5.74, 6) is 0.193. The fourth-order valence-corrected chi connectivity index (χ4v) is 7.02. The summed E-state index contributed by atoms with van der Waals surface area (Å²) in [5.41, 5.74) is 14.0. The van der Waals surface area contributed by atoms with E-state index in [4.69, 9.17) is 10.5 Å². The Bertz CT molecular complexity index is 1350. The number of nitrogens with two attached hydrogens (primary N) is 1. The number of carbonyl (C=O) groups is 1. The number of methoxy groups -OCH3 is 1. The third kappa shape index (κ3) is 7.40. The number of fused-ring (bicyclic) bond motifs is 1. The molecule has 0 saturated carbocycles. The van der Waals surface area contributed by atoms with Gasteiger partial charge in [-0.3, -0.25) is 4.79 Å². The lowest BCUT2D eigenvalue weighted by Gasteiger charge is -2.36. The Balaban J connectivity index is 1.53. The van der Waals surface area contributed by atoms with Gasteiger partial charge in [-0.15, -0.1) is 0 Å². The first-order valence-electron chi connectivity index (χ1n) is 14.1. The van der Waals surface area contributed by atoms with E-state index in [9.17, 15) is 13.2 Å². The molecule has 2 aromatic carbocycles. The number of benzene rings is 2. The molecule has 2 aliphatic rings. The van der Waals surface area contributed by atoms with Gasteiger partial charge in [-0.1, -0.05) is 18.2 Å². The van der Waals surface area contributed by atoms with Crippen LogP contribution in [0.2, 0.25) is 0 Å². The maximum Gasteiger partial charge on any atom is 0.243 e. The SMILES string of the molecule is CNN(/C=C(\N)C[C@@H]1C(=O)NCCN1S(=O)(=O)c1ccc(OC)cc1)[C@H]1CCCc2cc(CNC(C)(C)C)ccc21. The smallest absolute Gasteiger partial charge is 0.243 e. The minimum absolute atomic E-state index is 0.0441. The standard InChI is InChI=1S/C30H44N6O4S/c1-30(2,3)34-19-21-9-14-26-22(17-21)7-6-8-27(26)35(32-4)20-23(31)18-28-29(37)33-15-16-36(28)41(38,39)25-12-10-24(40-5)11-13-25/h9-14,17,20,27-28,32,34H,6-8,15-16,18-19,31H2,1-5H3,(H,33,37)/b23-20-/t27-,28+/m0/s1. The lowest BCUT2D eigenvalue weighted by atomic mass is 9.86. The summed E-state index contributed by atoms with van der Waals surface area (Å²) >= 11 is 0. The van der Waals surface area contributed by atoms with Crippen LogP contribution in [0.5, 0.6) is 5.75 Å². The van der Waals surface area contributed by atoms with Gasteiger partial charge in [-0.25, -0.2) is 13.8 Å². The van der Waals surface area contributed by atoms with Gasteiger partial charge < -0.3 is 26.1 Å². The largest absolute Gasteiger partial charge is 0.497 e. The molecule has 1 heterocycles. The molecule has 1 fully saturated rings. The Morgan fingerprint density at radius 3 is 2.61 bits per heavy atom. The lowest BCUT2D eigenvalue weighted by Crippen LogP contribution is -2.57. The molecular weight excluding hydrogens is 540 g/mol. The zero-order valence-electron chi connectivity index (χ0n) is 24.7. The molecule has 1 aliphatic carbocycles. The van der Waals surface area contributed by atoms with Crippen LogP contribution in [-0.2, 0) is 27.8 Å². The maximum atomic E-state index is 13.5. The van der Waals surface area contributed by atoms with Gasteiger partial charge in [0.25, 0.3) is 0 Å². The number of nitrogens with zero attached hydrogens (tertiary/aromatic N) is 2. The molecule has 11 heteroatoms. The minimum Gasteiger partial charge on any atom is -0.497 e. The number of hydrazine groups is 1. The molecule has 0 spiro atoms. The number of nitrogens with one attached hydrogen (secondary N) is 3. The van der Waals surface area contributed by atoms with Gasteiger partial charge in [0.15, 0.2) is 0 Å². The number of rotatable bonds is 10. The molecule has 41 heavy (non-hydrogen) atoms. The molecule has 0 unspecified atom stereocenters. The van der Waals surface area contributed by atoms with Gasteiger partial charge in [0.05, 0.1) is 18.0 Å². The van der Waals surface area contributed by atoms with E-state index in [0.29, 0.717) is 11.4 Å². The number of ether oxygens (including phenoxy) is 1. The number of amides is 1. The lowest BCUT2D eigenvalue weighted by molar-refractivity contribution is -0.126. The maximum absolute atomic E-state index is 13.5. The van der Waals surface area contributed by atoms with Crippen LogP contribution >= 0.6 is 0 Å². The van der Waals surface area contributed by atoms with Gasteiger partial charge >= 0.3 is 0 Å². The summed E-state index contributed by atoms with van der Waals surface area (Å²) < 4.78 is 33.5. The number of piperazine rings is 1. The van der Waals surface area contributed by atoms with Gasteiger partial charge in [0.2, 0.25) is 15.9 Å². The van der Waals surface area contributed by atoms with Gasteiger partial charge in [-0.2, -0.15) is 4.31 Å². The van der Waals surface area contributed by atoms with E-state index in [2.05, 4.69) is 55.0 Å². The topological polar surface area (TPSA) is 129 Å². The number of sulfonamides is 1. The molecule has 5 N–H and O–H groups in total. The first kappa shape index (κ1) is 30.8. The Hall–Kier alpha value is -3.12. The van der Waals surface area contributed by atoms with Crippen molar-refractivity contribution in [3.8, 4) is 5.75 Å². The second kappa shape index (κ2) is 12.8. The van der Waals surface area contributed by atoms with E-state index in [0.717, 1.165) is 25.8 Å². The second-order valence-corrected chi connectivity index (χ2v) is 13.6. The third-order valence-electron chi connectivity index (χ3n) is 7.59. The van der Waals surface area contributed by atoms with Crippen molar-refractivity contribution < 1.29 is 17.9 Å². The van der Waals surface area contributed by atoms with E-state index in [1.807, 2.05) is 12.1 Å². The van der Waals surface area contributed by atoms with Crippen LogP contribution < -0.4 is 26.5 Å². The zero-order valence-corrected chi connectivity index (χ0v) is 25.6. The van der Waals surface area contributed by atoms with Crippen LogP contribution in [0, 0.1) is 0 Å². The molecule has 0 aromatic heterocycles. The van der Waals surface area contributed by atoms with Crippen molar-refractivity contribution in [3.63, 3.8) is 0 Å². The fourth-order valence-electron chi connectivity index (χ4n) is 5.43. The highest BCUT2D eigenvalue weighted by molar-refractivity contribution is 7.89. The average molecular weight is 585 g/mol. The van der Waals surface area contributed by atoms with Crippen molar-refractivity contribution in [1.29, 1.82) is 0 Å². The molecule has 1 amide bonds. The summed E-state index contributed by atoms with van der Waals surface area (Å²) in [6.45, 7) is 7.69. The Kier molecular flexibility index (Phi) is 9.63. The van der Waals surface area contributed by atoms with E-state index in [1.54, 1.807) is 18.3 Å². The number of hydrogen-bond acceptors (Lipinski definition) is 8. The van der Waals surface area contributed by atoms with Crippen molar-refractivity contribution >= 4 is 15.9 Å². The van der Waals surface area contributed by atoms with Crippen LogP contribution in [0.4, 0.5) is 0 Å². The Morgan fingerprint density at radius 1 is 1.22 bits per heavy atom.